The number of H-pyrrole nitrogens is 1. The van der Waals surface area contributed by atoms with Crippen LogP contribution in [0.1, 0.15) is 6.42 Å². The van der Waals surface area contributed by atoms with Crippen molar-refractivity contribution in [2.75, 3.05) is 37.6 Å². The average Bonchev–Trinajstić information content (AvgIpc) is 2.69. The minimum absolute atomic E-state index is 0.0202. The molecule has 0 spiro atoms. The van der Waals surface area contributed by atoms with E-state index in [9.17, 15) is 13.2 Å². The number of rotatable bonds is 6. The summed E-state index contributed by atoms with van der Waals surface area (Å²) in [4.78, 5) is 19.5. The number of pyridine rings is 1. The molecule has 2 heterocycles. The zero-order valence-corrected chi connectivity index (χ0v) is 16.3. The molecule has 1 aromatic heterocycles. The number of halogens is 1. The molecule has 144 valence electrons. The van der Waals surface area contributed by atoms with E-state index in [2.05, 4.69) is 14.6 Å². The molecule has 7 nitrogen and oxygen atoms in total. The van der Waals surface area contributed by atoms with Gasteiger partial charge in [-0.25, -0.2) is 18.1 Å². The molecular weight excluding hydrogens is 388 g/mol. The molecule has 1 aliphatic rings. The third-order valence-electron chi connectivity index (χ3n) is 4.42. The molecule has 0 bridgehead atoms. The molecule has 0 unspecified atom stereocenters. The summed E-state index contributed by atoms with van der Waals surface area (Å²) >= 11 is 5.93. The Morgan fingerprint density at radius 1 is 1.07 bits per heavy atom. The van der Waals surface area contributed by atoms with Crippen LogP contribution in [0.2, 0.25) is 5.02 Å². The molecule has 1 aromatic carbocycles. The number of sulfonamides is 1. The minimum Gasteiger partial charge on any atom is -0.335 e. The first-order valence-corrected chi connectivity index (χ1v) is 10.6. The zero-order valence-electron chi connectivity index (χ0n) is 14.8. The van der Waals surface area contributed by atoms with Crippen molar-refractivity contribution in [1.29, 1.82) is 0 Å². The van der Waals surface area contributed by atoms with E-state index >= 15 is 0 Å². The molecule has 1 aliphatic heterocycles. The van der Waals surface area contributed by atoms with Gasteiger partial charge in [0.2, 0.25) is 15.9 Å². The van der Waals surface area contributed by atoms with Crippen molar-refractivity contribution >= 4 is 33.3 Å². The first kappa shape index (κ1) is 19.6. The number of aromatic amines is 1. The van der Waals surface area contributed by atoms with Crippen LogP contribution in [0.25, 0.3) is 0 Å². The van der Waals surface area contributed by atoms with Gasteiger partial charge in [0.25, 0.3) is 5.82 Å². The molecule has 0 radical (unpaired) electrons. The second-order valence-electron chi connectivity index (χ2n) is 6.19. The Kier molecular flexibility index (Phi) is 6.30. The number of carbonyl (C=O) groups is 1. The van der Waals surface area contributed by atoms with Crippen molar-refractivity contribution in [3.05, 3.63) is 53.7 Å². The van der Waals surface area contributed by atoms with Gasteiger partial charge in [-0.1, -0.05) is 29.8 Å². The van der Waals surface area contributed by atoms with Crippen LogP contribution in [0.5, 0.6) is 0 Å². The maximum absolute atomic E-state index is 12.4. The van der Waals surface area contributed by atoms with Gasteiger partial charge in [0.1, 0.15) is 18.0 Å². The topological polar surface area (TPSA) is 83.9 Å². The van der Waals surface area contributed by atoms with Crippen LogP contribution in [-0.4, -0.2) is 51.9 Å². The largest absolute Gasteiger partial charge is 0.335 e. The summed E-state index contributed by atoms with van der Waals surface area (Å²) in [7, 11) is -3.73. The Labute approximate surface area is 164 Å². The Bertz CT molecular complexity index is 884. The fourth-order valence-corrected chi connectivity index (χ4v) is 4.52. The molecule has 1 saturated heterocycles. The summed E-state index contributed by atoms with van der Waals surface area (Å²) < 4.78 is 27.0. The molecule has 1 amide bonds. The minimum atomic E-state index is -3.73. The van der Waals surface area contributed by atoms with E-state index in [1.165, 1.54) is 12.1 Å². The Morgan fingerprint density at radius 3 is 2.44 bits per heavy atom. The third kappa shape index (κ3) is 4.97. The van der Waals surface area contributed by atoms with E-state index in [1.807, 2.05) is 24.4 Å². The van der Waals surface area contributed by atoms with Crippen LogP contribution >= 0.6 is 11.6 Å². The summed E-state index contributed by atoms with van der Waals surface area (Å²) in [5, 5.41) is 0.158. The van der Waals surface area contributed by atoms with Crippen molar-refractivity contribution in [1.82, 2.24) is 9.62 Å². The molecule has 0 saturated carbocycles. The van der Waals surface area contributed by atoms with Gasteiger partial charge in [-0.05, 0) is 18.2 Å². The van der Waals surface area contributed by atoms with Gasteiger partial charge < -0.3 is 4.90 Å². The van der Waals surface area contributed by atoms with E-state index in [4.69, 9.17) is 11.6 Å². The molecule has 2 aromatic rings. The third-order valence-corrected chi connectivity index (χ3v) is 6.38. The lowest BCUT2D eigenvalue weighted by Crippen LogP contribution is -2.50. The van der Waals surface area contributed by atoms with Crippen LogP contribution in [0.15, 0.2) is 53.6 Å². The number of piperazine rings is 1. The second kappa shape index (κ2) is 8.69. The Morgan fingerprint density at radius 2 is 1.78 bits per heavy atom. The highest BCUT2D eigenvalue weighted by molar-refractivity contribution is 7.89. The molecule has 27 heavy (non-hydrogen) atoms. The van der Waals surface area contributed by atoms with Crippen molar-refractivity contribution in [2.45, 2.75) is 11.3 Å². The Hall–Kier alpha value is -2.16. The number of anilines is 1. The van der Waals surface area contributed by atoms with Crippen molar-refractivity contribution in [3.63, 3.8) is 0 Å². The maximum Gasteiger partial charge on any atom is 0.274 e. The lowest BCUT2D eigenvalue weighted by Gasteiger charge is -2.31. The lowest BCUT2D eigenvalue weighted by atomic mass is 10.2. The van der Waals surface area contributed by atoms with Gasteiger partial charge in [-0.3, -0.25) is 9.69 Å². The van der Waals surface area contributed by atoms with Crippen molar-refractivity contribution in [3.8, 4) is 0 Å². The monoisotopic (exact) mass is 409 g/mol. The van der Waals surface area contributed by atoms with E-state index in [1.54, 1.807) is 17.0 Å². The van der Waals surface area contributed by atoms with E-state index in [-0.39, 0.29) is 28.8 Å². The zero-order chi connectivity index (χ0) is 19.3. The van der Waals surface area contributed by atoms with Crippen molar-refractivity contribution in [2.24, 2.45) is 0 Å². The number of hydrogen-bond acceptors (Lipinski definition) is 4. The highest BCUT2D eigenvalue weighted by Crippen LogP contribution is 2.20. The molecule has 1 fully saturated rings. The standard InChI is InChI=1S/C18H21ClN4O3S/c19-15-5-1-2-6-16(15)27(25,26)21-10-8-18(24)23-13-11-22(12-14-23)17-7-3-4-9-20-17/h1-7,9,21H,8,10-14H2/p+1. The average molecular weight is 410 g/mol. The predicted octanol–water partition coefficient (Wildman–Crippen LogP) is 1.17. The van der Waals surface area contributed by atoms with Gasteiger partial charge in [0.05, 0.1) is 24.3 Å². The fraction of sp³-hybridized carbons (Fsp3) is 0.333. The van der Waals surface area contributed by atoms with E-state index < -0.39 is 10.0 Å². The summed E-state index contributed by atoms with van der Waals surface area (Å²) in [6.07, 6.45) is 1.99. The van der Waals surface area contributed by atoms with Crippen molar-refractivity contribution < 1.29 is 18.2 Å². The molecule has 3 rings (SSSR count). The molecule has 2 N–H and O–H groups in total. The summed E-state index contributed by atoms with van der Waals surface area (Å²) in [6.45, 7) is 2.73. The highest BCUT2D eigenvalue weighted by atomic mass is 35.5. The quantitative estimate of drug-likeness (QED) is 0.776. The van der Waals surface area contributed by atoms with Crippen LogP contribution in [-0.2, 0) is 14.8 Å². The number of aromatic nitrogens is 1. The SMILES string of the molecule is O=C(CCNS(=O)(=O)c1ccccc1Cl)N1CCN(c2cccc[nH+]2)CC1. The fourth-order valence-electron chi connectivity index (χ4n) is 2.97. The van der Waals surface area contributed by atoms with Gasteiger partial charge in [-0.2, -0.15) is 0 Å². The number of amides is 1. The maximum atomic E-state index is 12.4. The highest BCUT2D eigenvalue weighted by Gasteiger charge is 2.26. The number of carbonyl (C=O) groups excluding carboxylic acids is 1. The molecule has 0 atom stereocenters. The van der Waals surface area contributed by atoms with Gasteiger partial charge in [0.15, 0.2) is 0 Å². The summed E-state index contributed by atoms with van der Waals surface area (Å²) in [6, 6.07) is 12.1. The number of benzene rings is 1. The van der Waals surface area contributed by atoms with Crippen LogP contribution in [0, 0.1) is 0 Å². The number of nitrogens with zero attached hydrogens (tertiary/aromatic N) is 2. The first-order chi connectivity index (χ1) is 13.0. The molecular formula is C18H22ClN4O3S+. The second-order valence-corrected chi connectivity index (χ2v) is 8.34. The summed E-state index contributed by atoms with van der Waals surface area (Å²) in [5.74, 6) is 0.964. The summed E-state index contributed by atoms with van der Waals surface area (Å²) in [5.41, 5.74) is 0. The van der Waals surface area contributed by atoms with Gasteiger partial charge in [0, 0.05) is 19.0 Å². The van der Waals surface area contributed by atoms with Crippen LogP contribution in [0.3, 0.4) is 0 Å². The van der Waals surface area contributed by atoms with Gasteiger partial charge in [-0.15, -0.1) is 0 Å². The van der Waals surface area contributed by atoms with E-state index in [0.29, 0.717) is 13.1 Å². The Balaban J connectivity index is 1.47. The number of nitrogens with one attached hydrogen (secondary N) is 2. The smallest absolute Gasteiger partial charge is 0.274 e. The van der Waals surface area contributed by atoms with Crippen LogP contribution in [0.4, 0.5) is 5.82 Å². The lowest BCUT2D eigenvalue weighted by molar-refractivity contribution is -0.364. The molecule has 0 aliphatic carbocycles. The molecule has 9 heteroatoms. The normalized spacial score (nSPS) is 15.0. The predicted molar refractivity (Wildman–Crippen MR) is 103 cm³/mol. The van der Waals surface area contributed by atoms with Gasteiger partial charge >= 0.3 is 0 Å². The van der Waals surface area contributed by atoms with Crippen LogP contribution < -0.4 is 14.6 Å². The van der Waals surface area contributed by atoms with E-state index in [0.717, 1.165) is 18.9 Å². The first-order valence-electron chi connectivity index (χ1n) is 8.71. The number of hydrogen-bond donors (Lipinski definition) is 1.